The van der Waals surface area contributed by atoms with E-state index in [-0.39, 0.29) is 30.1 Å². The van der Waals surface area contributed by atoms with Crippen molar-refractivity contribution in [3.8, 4) is 0 Å². The Morgan fingerprint density at radius 1 is 1.50 bits per heavy atom. The topological polar surface area (TPSA) is 101 Å². The molecule has 22 heavy (non-hydrogen) atoms. The van der Waals surface area contributed by atoms with Gasteiger partial charge in [-0.25, -0.2) is 0 Å². The maximum absolute atomic E-state index is 12.5. The first-order valence-corrected chi connectivity index (χ1v) is 8.03. The van der Waals surface area contributed by atoms with E-state index in [1.165, 1.54) is 0 Å². The molecular formula is C13H22ClN5O2S. The second kappa shape index (κ2) is 9.02. The van der Waals surface area contributed by atoms with Crippen LogP contribution in [0.1, 0.15) is 35.1 Å². The highest BCUT2D eigenvalue weighted by Crippen LogP contribution is 2.21. The largest absolute Gasteiger partial charge is 0.355 e. The lowest BCUT2D eigenvalue weighted by atomic mass is 9.97. The van der Waals surface area contributed by atoms with Crippen molar-refractivity contribution in [3.63, 3.8) is 0 Å². The van der Waals surface area contributed by atoms with Gasteiger partial charge < -0.3 is 16.0 Å². The smallest absolute Gasteiger partial charge is 0.267 e. The van der Waals surface area contributed by atoms with Gasteiger partial charge in [0.05, 0.1) is 11.6 Å². The number of aromatic nitrogens is 2. The average Bonchev–Trinajstić information content (AvgIpc) is 3.00. The van der Waals surface area contributed by atoms with Gasteiger partial charge in [-0.1, -0.05) is 11.4 Å². The standard InChI is InChI=1S/C13H21N5O2S.ClH/c1-2-10-11(21-17-16-10)13(20)18-7-3-4-9(8-18)12(19)15-6-5-14;/h9H,2-8,14H2,1H3,(H,15,19);1H. The normalized spacial score (nSPS) is 17.7. The zero-order chi connectivity index (χ0) is 15.2. The summed E-state index contributed by atoms with van der Waals surface area (Å²) in [6, 6.07) is 0. The van der Waals surface area contributed by atoms with Crippen LogP contribution in [0.4, 0.5) is 0 Å². The third kappa shape index (κ3) is 4.37. The summed E-state index contributed by atoms with van der Waals surface area (Å²) in [6.45, 7) is 3.99. The fraction of sp³-hybridized carbons (Fsp3) is 0.692. The lowest BCUT2D eigenvalue weighted by Crippen LogP contribution is -2.46. The Morgan fingerprint density at radius 2 is 2.27 bits per heavy atom. The molecule has 1 aliphatic rings. The SMILES string of the molecule is CCc1nnsc1C(=O)N1CCCC(C(=O)NCCN)C1.Cl. The molecule has 1 fully saturated rings. The molecular weight excluding hydrogens is 326 g/mol. The van der Waals surface area contributed by atoms with Crippen LogP contribution in [0.5, 0.6) is 0 Å². The molecule has 1 aliphatic heterocycles. The highest BCUT2D eigenvalue weighted by Gasteiger charge is 2.30. The quantitative estimate of drug-likeness (QED) is 0.805. The number of piperidine rings is 1. The minimum atomic E-state index is -0.153. The Morgan fingerprint density at radius 3 is 2.95 bits per heavy atom. The van der Waals surface area contributed by atoms with E-state index in [0.29, 0.717) is 37.5 Å². The summed E-state index contributed by atoms with van der Waals surface area (Å²) in [5.41, 5.74) is 6.12. The number of nitrogens with one attached hydrogen (secondary N) is 1. The van der Waals surface area contributed by atoms with E-state index in [4.69, 9.17) is 5.73 Å². The second-order valence-corrected chi connectivity index (χ2v) is 5.83. The van der Waals surface area contributed by atoms with Gasteiger partial charge in [0.2, 0.25) is 5.91 Å². The van der Waals surface area contributed by atoms with E-state index in [1.807, 2.05) is 6.92 Å². The molecule has 0 spiro atoms. The van der Waals surface area contributed by atoms with Crippen LogP contribution >= 0.6 is 23.9 Å². The van der Waals surface area contributed by atoms with Crippen LogP contribution in [0, 0.1) is 5.92 Å². The number of amides is 2. The zero-order valence-electron chi connectivity index (χ0n) is 12.6. The van der Waals surface area contributed by atoms with Crippen molar-refractivity contribution >= 4 is 35.8 Å². The highest BCUT2D eigenvalue weighted by molar-refractivity contribution is 7.08. The lowest BCUT2D eigenvalue weighted by Gasteiger charge is -2.31. The van der Waals surface area contributed by atoms with Crippen LogP contribution in [0.3, 0.4) is 0 Å². The zero-order valence-corrected chi connectivity index (χ0v) is 14.2. The molecule has 124 valence electrons. The van der Waals surface area contributed by atoms with Gasteiger partial charge >= 0.3 is 0 Å². The number of likely N-dealkylation sites (tertiary alicyclic amines) is 1. The Bertz CT molecular complexity index is 510. The molecule has 0 aliphatic carbocycles. The van der Waals surface area contributed by atoms with Crippen molar-refractivity contribution in [2.24, 2.45) is 11.7 Å². The average molecular weight is 348 g/mol. The van der Waals surface area contributed by atoms with Crippen molar-refractivity contribution in [1.82, 2.24) is 19.8 Å². The fourth-order valence-corrected chi connectivity index (χ4v) is 3.18. The summed E-state index contributed by atoms with van der Waals surface area (Å²) in [5.74, 6) is -0.227. The van der Waals surface area contributed by atoms with Crippen LogP contribution in [-0.2, 0) is 11.2 Å². The van der Waals surface area contributed by atoms with Crippen LogP contribution in [0.15, 0.2) is 0 Å². The van der Waals surface area contributed by atoms with Gasteiger partial charge in [-0.05, 0) is 30.8 Å². The highest BCUT2D eigenvalue weighted by atomic mass is 35.5. The van der Waals surface area contributed by atoms with Crippen molar-refractivity contribution < 1.29 is 9.59 Å². The van der Waals surface area contributed by atoms with Crippen molar-refractivity contribution in [3.05, 3.63) is 10.6 Å². The Kier molecular flexibility index (Phi) is 7.70. The minimum Gasteiger partial charge on any atom is -0.355 e. The summed E-state index contributed by atoms with van der Waals surface area (Å²) < 4.78 is 3.85. The number of aryl methyl sites for hydroxylation is 1. The lowest BCUT2D eigenvalue weighted by molar-refractivity contribution is -0.126. The van der Waals surface area contributed by atoms with Gasteiger partial charge in [-0.2, -0.15) is 0 Å². The number of carbonyl (C=O) groups excluding carboxylic acids is 2. The Hall–Kier alpha value is -1.25. The molecule has 9 heteroatoms. The number of rotatable bonds is 5. The molecule has 2 heterocycles. The van der Waals surface area contributed by atoms with E-state index in [1.54, 1.807) is 4.90 Å². The van der Waals surface area contributed by atoms with E-state index in [0.717, 1.165) is 30.1 Å². The summed E-state index contributed by atoms with van der Waals surface area (Å²) in [7, 11) is 0. The molecule has 0 saturated carbocycles. The Labute approximate surface area is 140 Å². The maximum atomic E-state index is 12.5. The number of hydrogen-bond acceptors (Lipinski definition) is 6. The molecule has 1 aromatic rings. The summed E-state index contributed by atoms with van der Waals surface area (Å²) in [5, 5.41) is 6.77. The molecule has 2 rings (SSSR count). The van der Waals surface area contributed by atoms with E-state index in [2.05, 4.69) is 14.9 Å². The summed E-state index contributed by atoms with van der Waals surface area (Å²) in [4.78, 5) is 26.9. The molecule has 0 bridgehead atoms. The predicted octanol–water partition coefficient (Wildman–Crippen LogP) is 0.449. The number of hydrogen-bond donors (Lipinski definition) is 2. The second-order valence-electron chi connectivity index (χ2n) is 5.07. The predicted molar refractivity (Wildman–Crippen MR) is 87.2 cm³/mol. The molecule has 2 amide bonds. The summed E-state index contributed by atoms with van der Waals surface area (Å²) >= 11 is 1.13. The van der Waals surface area contributed by atoms with Crippen LogP contribution in [0.25, 0.3) is 0 Å². The first-order valence-electron chi connectivity index (χ1n) is 7.25. The number of carbonyl (C=O) groups is 2. The van der Waals surface area contributed by atoms with Gasteiger partial charge in [0.25, 0.3) is 5.91 Å². The van der Waals surface area contributed by atoms with Crippen LogP contribution in [0.2, 0.25) is 0 Å². The van der Waals surface area contributed by atoms with Gasteiger partial charge in [0.15, 0.2) is 0 Å². The van der Waals surface area contributed by atoms with Crippen molar-refractivity contribution in [2.75, 3.05) is 26.2 Å². The van der Waals surface area contributed by atoms with Gasteiger partial charge in [-0.15, -0.1) is 17.5 Å². The molecule has 3 N–H and O–H groups in total. The molecule has 1 atom stereocenters. The first kappa shape index (κ1) is 18.8. The molecule has 1 unspecified atom stereocenters. The van der Waals surface area contributed by atoms with Crippen LogP contribution in [-0.4, -0.2) is 52.5 Å². The molecule has 0 radical (unpaired) electrons. The number of nitrogens with zero attached hydrogens (tertiary/aromatic N) is 3. The number of halogens is 1. The minimum absolute atomic E-state index is 0. The molecule has 7 nitrogen and oxygen atoms in total. The van der Waals surface area contributed by atoms with Gasteiger partial charge in [0.1, 0.15) is 4.88 Å². The Balaban J connectivity index is 0.00000242. The molecule has 0 aromatic carbocycles. The van der Waals surface area contributed by atoms with Crippen molar-refractivity contribution in [1.29, 1.82) is 0 Å². The summed E-state index contributed by atoms with van der Waals surface area (Å²) in [6.07, 6.45) is 2.33. The van der Waals surface area contributed by atoms with E-state index in [9.17, 15) is 9.59 Å². The van der Waals surface area contributed by atoms with Gasteiger partial charge in [0, 0.05) is 26.2 Å². The number of nitrogens with two attached hydrogens (primary N) is 1. The van der Waals surface area contributed by atoms with Crippen molar-refractivity contribution in [2.45, 2.75) is 26.2 Å². The third-order valence-electron chi connectivity index (χ3n) is 3.61. The molecule has 1 aromatic heterocycles. The first-order chi connectivity index (χ1) is 10.2. The van der Waals surface area contributed by atoms with Gasteiger partial charge in [-0.3, -0.25) is 9.59 Å². The van der Waals surface area contributed by atoms with E-state index < -0.39 is 0 Å². The molecule has 1 saturated heterocycles. The fourth-order valence-electron chi connectivity index (χ4n) is 2.46. The third-order valence-corrected chi connectivity index (χ3v) is 4.36. The van der Waals surface area contributed by atoms with Crippen LogP contribution < -0.4 is 11.1 Å². The monoisotopic (exact) mass is 347 g/mol. The van der Waals surface area contributed by atoms with E-state index >= 15 is 0 Å². The maximum Gasteiger partial charge on any atom is 0.267 e.